The molecular formula is C33H40N4O4S. The molecule has 2 heterocycles. The number of aromatic nitrogens is 1. The van der Waals surface area contributed by atoms with Gasteiger partial charge >= 0.3 is 0 Å². The Balaban J connectivity index is 1.23. The van der Waals surface area contributed by atoms with Crippen LogP contribution in [0, 0.1) is 0 Å². The van der Waals surface area contributed by atoms with Crippen LogP contribution in [0.4, 0.5) is 0 Å². The molecule has 1 aliphatic rings. The number of fused-ring (bicyclic) bond motifs is 1. The normalized spacial score (nSPS) is 14.9. The average Bonchev–Trinajstić information content (AvgIpc) is 3.40. The van der Waals surface area contributed by atoms with Crippen LogP contribution in [0.25, 0.3) is 22.0 Å². The number of aromatic amines is 1. The molecule has 0 bridgehead atoms. The Morgan fingerprint density at radius 2 is 1.71 bits per heavy atom. The molecule has 1 fully saturated rings. The lowest BCUT2D eigenvalue weighted by molar-refractivity contribution is -0.117. The fraction of sp³-hybridized carbons (Fsp3) is 0.364. The molecule has 0 atom stereocenters. The molecule has 0 spiro atoms. The molecule has 0 aliphatic carbocycles. The van der Waals surface area contributed by atoms with Gasteiger partial charge in [0.25, 0.3) is 0 Å². The third kappa shape index (κ3) is 7.03. The highest BCUT2D eigenvalue weighted by molar-refractivity contribution is 7.89. The van der Waals surface area contributed by atoms with E-state index < -0.39 is 10.0 Å². The van der Waals surface area contributed by atoms with Crippen LogP contribution >= 0.6 is 0 Å². The van der Waals surface area contributed by atoms with E-state index in [4.69, 9.17) is 10.5 Å². The molecule has 3 aromatic carbocycles. The first-order chi connectivity index (χ1) is 20.2. The number of hydrogen-bond acceptors (Lipinski definition) is 5. The zero-order valence-electron chi connectivity index (χ0n) is 24.4. The maximum Gasteiger partial charge on any atom is 0.221 e. The molecule has 1 saturated heterocycles. The number of amides is 1. The van der Waals surface area contributed by atoms with Crippen molar-refractivity contribution in [3.63, 3.8) is 0 Å². The molecular weight excluding hydrogens is 548 g/mol. The Morgan fingerprint density at radius 3 is 2.43 bits per heavy atom. The molecule has 1 amide bonds. The van der Waals surface area contributed by atoms with Gasteiger partial charge in [-0.25, -0.2) is 12.7 Å². The predicted molar refractivity (Wildman–Crippen MR) is 168 cm³/mol. The lowest BCUT2D eigenvalue weighted by Crippen LogP contribution is -2.39. The van der Waals surface area contributed by atoms with Gasteiger partial charge in [0.05, 0.1) is 18.8 Å². The summed E-state index contributed by atoms with van der Waals surface area (Å²) in [6.07, 6.45) is 4.08. The van der Waals surface area contributed by atoms with Crippen LogP contribution < -0.4 is 10.5 Å². The molecule has 3 N–H and O–H groups in total. The van der Waals surface area contributed by atoms with Crippen LogP contribution in [0.1, 0.15) is 41.9 Å². The first-order valence-corrected chi connectivity index (χ1v) is 16.1. The average molecular weight is 589 g/mol. The zero-order valence-corrected chi connectivity index (χ0v) is 25.2. The van der Waals surface area contributed by atoms with E-state index in [9.17, 15) is 13.2 Å². The van der Waals surface area contributed by atoms with E-state index in [0.717, 1.165) is 63.9 Å². The Bertz CT molecular complexity index is 1620. The second-order valence-electron chi connectivity index (χ2n) is 11.3. The van der Waals surface area contributed by atoms with Crippen LogP contribution in [0.5, 0.6) is 5.75 Å². The van der Waals surface area contributed by atoms with Gasteiger partial charge in [0.15, 0.2) is 0 Å². The summed E-state index contributed by atoms with van der Waals surface area (Å²) in [5, 5.41) is 1.07. The second kappa shape index (κ2) is 13.1. The third-order valence-electron chi connectivity index (χ3n) is 7.93. The van der Waals surface area contributed by atoms with Crippen molar-refractivity contribution in [2.45, 2.75) is 38.1 Å². The number of benzene rings is 3. The van der Waals surface area contributed by atoms with Gasteiger partial charge < -0.3 is 20.4 Å². The quantitative estimate of drug-likeness (QED) is 0.229. The van der Waals surface area contributed by atoms with Crippen molar-refractivity contribution in [2.75, 3.05) is 39.5 Å². The molecule has 4 aromatic rings. The number of rotatable bonds is 12. The summed E-state index contributed by atoms with van der Waals surface area (Å²) in [5.74, 6) is 0.711. The van der Waals surface area contributed by atoms with Gasteiger partial charge in [-0.2, -0.15) is 0 Å². The third-order valence-corrected chi connectivity index (χ3v) is 9.88. The highest BCUT2D eigenvalue weighted by Crippen LogP contribution is 2.37. The van der Waals surface area contributed by atoms with E-state index in [1.165, 1.54) is 0 Å². The number of carbonyl (C=O) groups excluding carboxylic acids is 1. The number of primary amides is 1. The van der Waals surface area contributed by atoms with E-state index in [1.54, 1.807) is 4.31 Å². The van der Waals surface area contributed by atoms with Gasteiger partial charge in [-0.15, -0.1) is 0 Å². The van der Waals surface area contributed by atoms with Crippen LogP contribution in [0.15, 0.2) is 72.9 Å². The van der Waals surface area contributed by atoms with Crippen molar-refractivity contribution in [1.82, 2.24) is 14.2 Å². The summed E-state index contributed by atoms with van der Waals surface area (Å²) in [5.41, 5.74) is 11.7. The largest absolute Gasteiger partial charge is 0.493 e. The summed E-state index contributed by atoms with van der Waals surface area (Å²) in [6.45, 7) is 2.09. The van der Waals surface area contributed by atoms with Gasteiger partial charge in [-0.3, -0.25) is 4.79 Å². The number of nitrogens with one attached hydrogen (secondary N) is 1. The van der Waals surface area contributed by atoms with E-state index in [1.807, 2.05) is 68.8 Å². The molecule has 0 saturated carbocycles. The second-order valence-corrected chi connectivity index (χ2v) is 13.4. The van der Waals surface area contributed by atoms with Crippen molar-refractivity contribution < 1.29 is 17.9 Å². The number of nitrogens with zero attached hydrogens (tertiary/aromatic N) is 2. The number of nitrogens with two attached hydrogens (primary N) is 1. The van der Waals surface area contributed by atoms with Crippen LogP contribution in [-0.4, -0.2) is 68.1 Å². The molecule has 8 nitrogen and oxygen atoms in total. The SMILES string of the molecule is CN(C)Cc1ccccc1OCCCS(=O)(=O)N1CCC(c2c[nH]c3c(CC(N)=O)cc(-c4ccccc4)cc23)CC1. The van der Waals surface area contributed by atoms with Crippen molar-refractivity contribution >= 4 is 26.8 Å². The topological polar surface area (TPSA) is 109 Å². The molecule has 1 aromatic heterocycles. The highest BCUT2D eigenvalue weighted by atomic mass is 32.2. The maximum absolute atomic E-state index is 13.2. The Hall–Kier alpha value is -3.66. The summed E-state index contributed by atoms with van der Waals surface area (Å²) in [7, 11) is 0.638. The van der Waals surface area contributed by atoms with Gasteiger partial charge in [0.1, 0.15) is 5.75 Å². The molecule has 9 heteroatoms. The van der Waals surface area contributed by atoms with Gasteiger partial charge in [0, 0.05) is 42.3 Å². The van der Waals surface area contributed by atoms with E-state index >= 15 is 0 Å². The van der Waals surface area contributed by atoms with Crippen molar-refractivity contribution in [3.8, 4) is 16.9 Å². The molecule has 222 valence electrons. The number of para-hydroxylation sites is 1. The lowest BCUT2D eigenvalue weighted by atomic mass is 9.88. The number of piperidine rings is 1. The molecule has 0 radical (unpaired) electrons. The van der Waals surface area contributed by atoms with Crippen molar-refractivity contribution in [3.05, 3.63) is 89.6 Å². The Labute approximate surface area is 248 Å². The van der Waals surface area contributed by atoms with Crippen LogP contribution in [-0.2, 0) is 27.8 Å². The number of carbonyl (C=O) groups is 1. The van der Waals surface area contributed by atoms with Crippen molar-refractivity contribution in [2.24, 2.45) is 5.73 Å². The molecule has 0 unspecified atom stereocenters. The first-order valence-electron chi connectivity index (χ1n) is 14.5. The molecule has 42 heavy (non-hydrogen) atoms. The van der Waals surface area contributed by atoms with Crippen LogP contribution in [0.2, 0.25) is 0 Å². The number of H-pyrrole nitrogens is 1. The minimum Gasteiger partial charge on any atom is -0.493 e. The lowest BCUT2D eigenvalue weighted by Gasteiger charge is -2.31. The predicted octanol–water partition coefficient (Wildman–Crippen LogP) is 4.90. The fourth-order valence-electron chi connectivity index (χ4n) is 5.90. The molecule has 5 rings (SSSR count). The van der Waals surface area contributed by atoms with Crippen LogP contribution in [0.3, 0.4) is 0 Å². The summed E-state index contributed by atoms with van der Waals surface area (Å²) in [6, 6.07) is 22.2. The summed E-state index contributed by atoms with van der Waals surface area (Å²) in [4.78, 5) is 17.3. The minimum atomic E-state index is -3.38. The fourth-order valence-corrected chi connectivity index (χ4v) is 7.41. The molecule has 1 aliphatic heterocycles. The van der Waals surface area contributed by atoms with E-state index in [0.29, 0.717) is 26.1 Å². The van der Waals surface area contributed by atoms with Crippen molar-refractivity contribution in [1.29, 1.82) is 0 Å². The number of hydrogen-bond donors (Lipinski definition) is 2. The van der Waals surface area contributed by atoms with Gasteiger partial charge in [-0.1, -0.05) is 48.5 Å². The smallest absolute Gasteiger partial charge is 0.221 e. The Morgan fingerprint density at radius 1 is 1.00 bits per heavy atom. The maximum atomic E-state index is 13.2. The highest BCUT2D eigenvalue weighted by Gasteiger charge is 2.30. The van der Waals surface area contributed by atoms with Gasteiger partial charge in [0.2, 0.25) is 15.9 Å². The Kier molecular flexibility index (Phi) is 9.30. The first kappa shape index (κ1) is 29.8. The number of ether oxygens (including phenoxy) is 1. The van der Waals surface area contributed by atoms with E-state index in [-0.39, 0.29) is 24.0 Å². The number of sulfonamides is 1. The summed E-state index contributed by atoms with van der Waals surface area (Å²) < 4.78 is 33.9. The monoisotopic (exact) mass is 588 g/mol. The van der Waals surface area contributed by atoms with E-state index in [2.05, 4.69) is 28.1 Å². The summed E-state index contributed by atoms with van der Waals surface area (Å²) >= 11 is 0. The zero-order chi connectivity index (χ0) is 29.7. The standard InChI is InChI=1S/C33H40N4O4S/c1-36(2)23-26-11-6-7-12-31(26)41-17-8-18-42(39,40)37-15-13-25(14-16-37)30-22-35-33-28(21-32(34)38)19-27(20-29(30)33)24-9-4-3-5-10-24/h3-7,9-12,19-20,22,25,35H,8,13-18,21,23H2,1-2H3,(H2,34,38). The van der Waals surface area contributed by atoms with Gasteiger partial charge in [-0.05, 0) is 79.7 Å². The minimum absolute atomic E-state index is 0.0670.